The zero-order valence-corrected chi connectivity index (χ0v) is 25.1. The molecule has 9 nitrogen and oxygen atoms in total. The molecule has 40 heavy (non-hydrogen) atoms. The lowest BCUT2D eigenvalue weighted by atomic mass is 9.94. The molecule has 0 bridgehead atoms. The largest absolute Gasteiger partial charge is 0.390 e. The summed E-state index contributed by atoms with van der Waals surface area (Å²) in [5.41, 5.74) is 0.300. The summed E-state index contributed by atoms with van der Waals surface area (Å²) in [6.07, 6.45) is 0.770. The molecule has 4 N–H and O–H groups in total. The summed E-state index contributed by atoms with van der Waals surface area (Å²) in [6, 6.07) is 12.5. The van der Waals surface area contributed by atoms with Crippen molar-refractivity contribution in [2.45, 2.75) is 71.2 Å². The number of ether oxygens (including phenoxy) is 1. The molecule has 2 aromatic carbocycles. The van der Waals surface area contributed by atoms with Crippen molar-refractivity contribution in [2.75, 3.05) is 33.4 Å². The summed E-state index contributed by atoms with van der Waals surface area (Å²) >= 11 is 0. The lowest BCUT2D eigenvalue weighted by Gasteiger charge is -2.31. The zero-order chi connectivity index (χ0) is 28.6. The first-order chi connectivity index (χ1) is 18.5. The number of nitrogens with zero attached hydrogens (tertiary/aromatic N) is 1. The van der Waals surface area contributed by atoms with Gasteiger partial charge in [0, 0.05) is 44.6 Å². The predicted molar refractivity (Wildman–Crippen MR) is 159 cm³/mol. The molecule has 0 aliphatic carbocycles. The molecule has 4 atom stereocenters. The van der Waals surface area contributed by atoms with E-state index in [1.807, 2.05) is 70.2 Å². The Bertz CT molecular complexity index is 1140. The SMILES string of the molecule is COCC(C)NCC(O)CNC(=O)[C@@H](Cc1ccc2ccccc2c1)NC(=O)C1CCCN1C(=O)C(C)(C)C.Cl. The summed E-state index contributed by atoms with van der Waals surface area (Å²) in [4.78, 5) is 41.4. The summed E-state index contributed by atoms with van der Waals surface area (Å²) in [7, 11) is 1.61. The Hall–Kier alpha value is -2.72. The Balaban J connectivity index is 0.00000560. The molecule has 0 radical (unpaired) electrons. The van der Waals surface area contributed by atoms with Crippen molar-refractivity contribution in [1.29, 1.82) is 0 Å². The molecule has 1 aliphatic rings. The second-order valence-electron chi connectivity index (χ2n) is 11.5. The van der Waals surface area contributed by atoms with Gasteiger partial charge in [-0.25, -0.2) is 0 Å². The van der Waals surface area contributed by atoms with Gasteiger partial charge in [-0.1, -0.05) is 63.2 Å². The number of halogens is 1. The van der Waals surface area contributed by atoms with Gasteiger partial charge in [-0.15, -0.1) is 12.4 Å². The molecule has 0 aromatic heterocycles. The van der Waals surface area contributed by atoms with E-state index in [1.54, 1.807) is 12.0 Å². The fraction of sp³-hybridized carbons (Fsp3) is 0.567. The molecule has 0 saturated carbocycles. The van der Waals surface area contributed by atoms with E-state index in [0.29, 0.717) is 26.1 Å². The smallest absolute Gasteiger partial charge is 0.243 e. The number of aliphatic hydroxyl groups excluding tert-OH is 1. The lowest BCUT2D eigenvalue weighted by Crippen LogP contribution is -2.55. The summed E-state index contributed by atoms with van der Waals surface area (Å²) in [6.45, 7) is 8.83. The highest BCUT2D eigenvalue weighted by atomic mass is 35.5. The summed E-state index contributed by atoms with van der Waals surface area (Å²) in [5, 5.41) is 21.4. The molecule has 10 heteroatoms. The average Bonchev–Trinajstić information content (AvgIpc) is 3.39. The molecule has 1 saturated heterocycles. The van der Waals surface area contributed by atoms with Gasteiger partial charge in [-0.2, -0.15) is 0 Å². The highest BCUT2D eigenvalue weighted by Crippen LogP contribution is 2.26. The van der Waals surface area contributed by atoms with Crippen LogP contribution in [0.3, 0.4) is 0 Å². The van der Waals surface area contributed by atoms with Gasteiger partial charge in [0.15, 0.2) is 0 Å². The number of carbonyl (C=O) groups excluding carboxylic acids is 3. The molecular weight excluding hydrogens is 532 g/mol. The second-order valence-corrected chi connectivity index (χ2v) is 11.5. The van der Waals surface area contributed by atoms with E-state index in [4.69, 9.17) is 4.74 Å². The first-order valence-corrected chi connectivity index (χ1v) is 13.8. The maximum absolute atomic E-state index is 13.4. The van der Waals surface area contributed by atoms with Gasteiger partial charge in [0.2, 0.25) is 17.7 Å². The van der Waals surface area contributed by atoms with Crippen molar-refractivity contribution in [3.63, 3.8) is 0 Å². The quantitative estimate of drug-likeness (QED) is 0.308. The number of aliphatic hydroxyl groups is 1. The maximum Gasteiger partial charge on any atom is 0.243 e. The minimum Gasteiger partial charge on any atom is -0.390 e. The van der Waals surface area contributed by atoms with E-state index in [-0.39, 0.29) is 49.1 Å². The minimum absolute atomic E-state index is 0. The van der Waals surface area contributed by atoms with Crippen LogP contribution in [-0.2, 0) is 25.5 Å². The fourth-order valence-corrected chi connectivity index (χ4v) is 4.85. The average molecular weight is 577 g/mol. The van der Waals surface area contributed by atoms with Gasteiger partial charge in [0.1, 0.15) is 12.1 Å². The molecule has 1 fully saturated rings. The third-order valence-corrected chi connectivity index (χ3v) is 6.98. The zero-order valence-electron chi connectivity index (χ0n) is 24.2. The van der Waals surface area contributed by atoms with E-state index in [9.17, 15) is 19.5 Å². The van der Waals surface area contributed by atoms with Crippen LogP contribution < -0.4 is 16.0 Å². The molecule has 222 valence electrons. The molecule has 1 aliphatic heterocycles. The first-order valence-electron chi connectivity index (χ1n) is 13.8. The topological polar surface area (TPSA) is 120 Å². The highest BCUT2D eigenvalue weighted by Gasteiger charge is 2.39. The number of likely N-dealkylation sites (tertiary alicyclic amines) is 1. The van der Waals surface area contributed by atoms with Gasteiger partial charge in [0.25, 0.3) is 0 Å². The van der Waals surface area contributed by atoms with Crippen molar-refractivity contribution in [3.8, 4) is 0 Å². The normalized spacial score (nSPS) is 17.6. The van der Waals surface area contributed by atoms with E-state index >= 15 is 0 Å². The van der Waals surface area contributed by atoms with Crippen molar-refractivity contribution in [2.24, 2.45) is 5.41 Å². The van der Waals surface area contributed by atoms with Crippen molar-refractivity contribution in [1.82, 2.24) is 20.9 Å². The Morgan fingerprint density at radius 3 is 2.48 bits per heavy atom. The van der Waals surface area contributed by atoms with Crippen LogP contribution in [0.25, 0.3) is 10.8 Å². The van der Waals surface area contributed by atoms with Crippen molar-refractivity contribution < 1.29 is 24.2 Å². The Morgan fingerprint density at radius 1 is 1.10 bits per heavy atom. The van der Waals surface area contributed by atoms with Crippen molar-refractivity contribution in [3.05, 3.63) is 48.0 Å². The number of nitrogens with one attached hydrogen (secondary N) is 3. The van der Waals surface area contributed by atoms with Gasteiger partial charge in [-0.05, 0) is 36.1 Å². The Morgan fingerprint density at radius 2 is 1.80 bits per heavy atom. The number of hydrogen-bond acceptors (Lipinski definition) is 6. The molecule has 3 rings (SSSR count). The first kappa shape index (κ1) is 33.5. The monoisotopic (exact) mass is 576 g/mol. The van der Waals surface area contributed by atoms with Crippen LogP contribution in [0.5, 0.6) is 0 Å². The van der Waals surface area contributed by atoms with Crippen LogP contribution in [0.2, 0.25) is 0 Å². The van der Waals surface area contributed by atoms with Gasteiger partial charge in [-0.3, -0.25) is 14.4 Å². The van der Waals surface area contributed by atoms with Crippen LogP contribution in [0.15, 0.2) is 42.5 Å². The number of methoxy groups -OCH3 is 1. The lowest BCUT2D eigenvalue weighted by molar-refractivity contribution is -0.145. The van der Waals surface area contributed by atoms with Crippen LogP contribution in [0.4, 0.5) is 0 Å². The Labute approximate surface area is 243 Å². The van der Waals surface area contributed by atoms with Crippen LogP contribution >= 0.6 is 12.4 Å². The predicted octanol–water partition coefficient (Wildman–Crippen LogP) is 2.43. The van der Waals surface area contributed by atoms with Gasteiger partial charge < -0.3 is 30.7 Å². The third kappa shape index (κ3) is 9.44. The third-order valence-electron chi connectivity index (χ3n) is 6.98. The number of rotatable bonds is 12. The second kappa shape index (κ2) is 15.3. The number of fused-ring (bicyclic) bond motifs is 1. The Kier molecular flexibility index (Phi) is 12.8. The molecule has 1 heterocycles. The van der Waals surface area contributed by atoms with Crippen LogP contribution in [-0.4, -0.2) is 85.3 Å². The van der Waals surface area contributed by atoms with E-state index < -0.39 is 23.6 Å². The summed E-state index contributed by atoms with van der Waals surface area (Å²) in [5.74, 6) is -0.789. The molecule has 0 spiro atoms. The summed E-state index contributed by atoms with van der Waals surface area (Å²) < 4.78 is 5.09. The van der Waals surface area contributed by atoms with Gasteiger partial charge in [0.05, 0.1) is 12.7 Å². The molecule has 2 aromatic rings. The van der Waals surface area contributed by atoms with E-state index in [2.05, 4.69) is 16.0 Å². The van der Waals surface area contributed by atoms with Crippen LogP contribution in [0, 0.1) is 5.41 Å². The number of benzene rings is 2. The fourth-order valence-electron chi connectivity index (χ4n) is 4.85. The molecule has 3 amide bonds. The standard InChI is InChI=1S/C30H44N4O5.ClH/c1-20(19-39-5)31-17-24(35)18-32-27(36)25(16-21-12-13-22-9-6-7-10-23(22)15-21)33-28(37)26-11-8-14-34(26)29(38)30(2,3)4;/h6-7,9-10,12-13,15,20,24-26,31,35H,8,11,14,16-19H2,1-5H3,(H,32,36)(H,33,37);1H/t20?,24?,25-,26?;/m1./s1. The van der Waals surface area contributed by atoms with Crippen molar-refractivity contribution >= 4 is 40.9 Å². The van der Waals surface area contributed by atoms with E-state index in [0.717, 1.165) is 22.8 Å². The number of carbonyl (C=O) groups is 3. The minimum atomic E-state index is -0.863. The number of hydrogen-bond donors (Lipinski definition) is 4. The highest BCUT2D eigenvalue weighted by molar-refractivity contribution is 5.93. The molecule has 3 unspecified atom stereocenters. The van der Waals surface area contributed by atoms with Crippen LogP contribution in [0.1, 0.15) is 46.1 Å². The van der Waals surface area contributed by atoms with Gasteiger partial charge >= 0.3 is 0 Å². The maximum atomic E-state index is 13.4. The number of amides is 3. The molecular formula is C30H45ClN4O5. The van der Waals surface area contributed by atoms with E-state index in [1.165, 1.54) is 0 Å².